The van der Waals surface area contributed by atoms with Crippen LogP contribution in [0.25, 0.3) is 0 Å². The van der Waals surface area contributed by atoms with Gasteiger partial charge in [-0.05, 0) is 64.2 Å². The summed E-state index contributed by atoms with van der Waals surface area (Å²) in [7, 11) is -4.37. The molecule has 9 nitrogen and oxygen atoms in total. The number of carbonyl (C=O) groups is 2. The van der Waals surface area contributed by atoms with Gasteiger partial charge in [0.2, 0.25) is 0 Å². The highest BCUT2D eigenvalue weighted by Gasteiger charge is 2.26. The quantitative estimate of drug-likeness (QED) is 0.0273. The average molecular weight is 744 g/mol. The second-order valence-electron chi connectivity index (χ2n) is 13.8. The van der Waals surface area contributed by atoms with E-state index in [4.69, 9.17) is 24.3 Å². The van der Waals surface area contributed by atoms with Crippen molar-refractivity contribution in [3.63, 3.8) is 0 Å². The van der Waals surface area contributed by atoms with Gasteiger partial charge in [0.05, 0.1) is 13.2 Å². The van der Waals surface area contributed by atoms with Crippen LogP contribution < -0.4 is 5.73 Å². The number of phosphoric acid groups is 1. The number of phosphoric ester groups is 1. The number of esters is 2. The molecule has 0 radical (unpaired) electrons. The van der Waals surface area contributed by atoms with Gasteiger partial charge in [-0.2, -0.15) is 0 Å². The van der Waals surface area contributed by atoms with Crippen molar-refractivity contribution in [1.82, 2.24) is 0 Å². The molecular weight excluding hydrogens is 665 g/mol. The van der Waals surface area contributed by atoms with Gasteiger partial charge in [-0.3, -0.25) is 18.6 Å². The Morgan fingerprint density at radius 3 is 1.41 bits per heavy atom. The first-order chi connectivity index (χ1) is 24.8. The summed E-state index contributed by atoms with van der Waals surface area (Å²) in [6, 6.07) is 0. The first-order valence-corrected chi connectivity index (χ1v) is 22.3. The fraction of sp³-hybridized carbons (Fsp3) is 0.854. The zero-order valence-corrected chi connectivity index (χ0v) is 33.7. The average Bonchev–Trinajstić information content (AvgIpc) is 3.11. The van der Waals surface area contributed by atoms with Crippen LogP contribution >= 0.6 is 7.82 Å². The fourth-order valence-corrected chi connectivity index (χ4v) is 6.45. The third-order valence-corrected chi connectivity index (χ3v) is 9.79. The Morgan fingerprint density at radius 1 is 0.569 bits per heavy atom. The van der Waals surface area contributed by atoms with Gasteiger partial charge in [0.25, 0.3) is 0 Å². The lowest BCUT2D eigenvalue weighted by Gasteiger charge is -2.19. The molecule has 0 aliphatic carbocycles. The van der Waals surface area contributed by atoms with E-state index >= 15 is 0 Å². The Hall–Kier alpha value is -1.51. The smallest absolute Gasteiger partial charge is 0.462 e. The number of unbranched alkanes of at least 4 members (excludes halogenated alkanes) is 22. The molecule has 0 fully saturated rings. The Balaban J connectivity index is 4.19. The molecule has 0 rings (SSSR count). The third-order valence-electron chi connectivity index (χ3n) is 8.81. The Bertz CT molecular complexity index is 897. The number of nitrogens with two attached hydrogens (primary N) is 1. The summed E-state index contributed by atoms with van der Waals surface area (Å²) in [5.41, 5.74) is 5.34. The molecule has 3 N–H and O–H groups in total. The van der Waals surface area contributed by atoms with Crippen molar-refractivity contribution in [2.45, 2.75) is 200 Å². The van der Waals surface area contributed by atoms with Crippen molar-refractivity contribution >= 4 is 19.8 Å². The number of ether oxygens (including phenoxy) is 2. The lowest BCUT2D eigenvalue weighted by atomic mass is 10.1. The van der Waals surface area contributed by atoms with Crippen LogP contribution in [0, 0.1) is 0 Å². The summed E-state index contributed by atoms with van der Waals surface area (Å²) in [5.74, 6) is -0.840. The Labute approximate surface area is 312 Å². The van der Waals surface area contributed by atoms with E-state index in [9.17, 15) is 19.0 Å². The van der Waals surface area contributed by atoms with Crippen molar-refractivity contribution in [2.24, 2.45) is 5.73 Å². The predicted molar refractivity (Wildman–Crippen MR) is 211 cm³/mol. The van der Waals surface area contributed by atoms with Crippen LogP contribution in [0.5, 0.6) is 0 Å². The molecule has 2 atom stereocenters. The van der Waals surface area contributed by atoms with Gasteiger partial charge >= 0.3 is 19.8 Å². The van der Waals surface area contributed by atoms with Gasteiger partial charge in [0.1, 0.15) is 6.61 Å². The molecule has 0 aliphatic rings. The topological polar surface area (TPSA) is 134 Å². The van der Waals surface area contributed by atoms with E-state index in [1.807, 2.05) is 0 Å². The monoisotopic (exact) mass is 744 g/mol. The van der Waals surface area contributed by atoms with E-state index in [1.54, 1.807) is 0 Å². The van der Waals surface area contributed by atoms with E-state index in [1.165, 1.54) is 96.3 Å². The van der Waals surface area contributed by atoms with Gasteiger partial charge in [-0.15, -0.1) is 0 Å². The van der Waals surface area contributed by atoms with Crippen molar-refractivity contribution < 1.29 is 37.6 Å². The molecule has 0 aromatic heterocycles. The molecule has 0 amide bonds. The van der Waals surface area contributed by atoms with Crippen LogP contribution in [0.1, 0.15) is 194 Å². The molecule has 0 spiro atoms. The number of rotatable bonds is 39. The zero-order chi connectivity index (χ0) is 37.5. The summed E-state index contributed by atoms with van der Waals surface area (Å²) < 4.78 is 32.7. The molecular formula is C41H78NO8P. The Kier molecular flexibility index (Phi) is 37.1. The van der Waals surface area contributed by atoms with Crippen LogP contribution in [-0.4, -0.2) is 49.3 Å². The van der Waals surface area contributed by atoms with Crippen molar-refractivity contribution in [2.75, 3.05) is 26.4 Å². The predicted octanol–water partition coefficient (Wildman–Crippen LogP) is 11.6. The third kappa shape index (κ3) is 38.0. The van der Waals surface area contributed by atoms with E-state index in [0.29, 0.717) is 6.42 Å². The maximum absolute atomic E-state index is 12.5. The standard InChI is InChI=1S/C41H78NO8P/c1-3-5-7-9-11-13-15-17-19-21-23-25-27-29-31-33-40(43)47-37-39(38-49-51(45,46)48-36-35-42)50-41(44)34-32-30-28-26-24-22-20-18-16-14-12-10-8-6-4-2/h13,15,18,20,39H,3-12,14,16-17,19,21-38,42H2,1-2H3,(H,45,46). The van der Waals surface area contributed by atoms with Crippen LogP contribution in [0.15, 0.2) is 24.3 Å². The number of hydrogen-bond acceptors (Lipinski definition) is 8. The van der Waals surface area contributed by atoms with E-state index < -0.39 is 26.5 Å². The summed E-state index contributed by atoms with van der Waals surface area (Å²) >= 11 is 0. The molecule has 0 bridgehead atoms. The Morgan fingerprint density at radius 2 is 0.961 bits per heavy atom. The van der Waals surface area contributed by atoms with Crippen molar-refractivity contribution in [3.8, 4) is 0 Å². The summed E-state index contributed by atoms with van der Waals surface area (Å²) in [4.78, 5) is 34.8. The van der Waals surface area contributed by atoms with E-state index in [-0.39, 0.29) is 38.6 Å². The van der Waals surface area contributed by atoms with Gasteiger partial charge in [-0.25, -0.2) is 4.57 Å². The summed E-state index contributed by atoms with van der Waals surface area (Å²) in [6.07, 6.45) is 39.1. The lowest BCUT2D eigenvalue weighted by molar-refractivity contribution is -0.161. The van der Waals surface area contributed by atoms with Crippen molar-refractivity contribution in [1.29, 1.82) is 0 Å². The molecule has 51 heavy (non-hydrogen) atoms. The highest BCUT2D eigenvalue weighted by molar-refractivity contribution is 7.47. The maximum atomic E-state index is 12.5. The van der Waals surface area contributed by atoms with Gasteiger partial charge in [-0.1, -0.05) is 141 Å². The number of allylic oxidation sites excluding steroid dienone is 4. The minimum atomic E-state index is -4.37. The van der Waals surface area contributed by atoms with Crippen LogP contribution in [-0.2, 0) is 32.7 Å². The second kappa shape index (κ2) is 38.2. The SMILES string of the molecule is CCCCCCC=CCCCCCCCCCC(=O)OCC(COP(=O)(O)OCCN)OC(=O)CCCCCCCC=CCCCCCCCC. The largest absolute Gasteiger partial charge is 0.472 e. The lowest BCUT2D eigenvalue weighted by Crippen LogP contribution is -2.29. The second-order valence-corrected chi connectivity index (χ2v) is 15.3. The fourth-order valence-electron chi connectivity index (χ4n) is 5.68. The maximum Gasteiger partial charge on any atom is 0.472 e. The van der Waals surface area contributed by atoms with Crippen LogP contribution in [0.3, 0.4) is 0 Å². The minimum absolute atomic E-state index is 0.0524. The molecule has 0 aliphatic heterocycles. The highest BCUT2D eigenvalue weighted by Crippen LogP contribution is 2.43. The molecule has 10 heteroatoms. The van der Waals surface area contributed by atoms with Crippen LogP contribution in [0.2, 0.25) is 0 Å². The molecule has 300 valence electrons. The minimum Gasteiger partial charge on any atom is -0.462 e. The molecule has 0 aromatic rings. The molecule has 0 saturated carbocycles. The number of carbonyl (C=O) groups excluding carboxylic acids is 2. The molecule has 0 aromatic carbocycles. The highest BCUT2D eigenvalue weighted by atomic mass is 31.2. The van der Waals surface area contributed by atoms with Gasteiger partial charge in [0, 0.05) is 19.4 Å². The first kappa shape index (κ1) is 49.5. The van der Waals surface area contributed by atoms with E-state index in [0.717, 1.165) is 64.2 Å². The zero-order valence-electron chi connectivity index (χ0n) is 32.8. The van der Waals surface area contributed by atoms with Gasteiger partial charge in [0.15, 0.2) is 6.10 Å². The normalized spacial score (nSPS) is 13.6. The molecule has 0 heterocycles. The first-order valence-electron chi connectivity index (χ1n) is 20.8. The number of hydrogen-bond donors (Lipinski definition) is 2. The summed E-state index contributed by atoms with van der Waals surface area (Å²) in [5, 5.41) is 0. The van der Waals surface area contributed by atoms with E-state index in [2.05, 4.69) is 38.2 Å². The molecule has 2 unspecified atom stereocenters. The summed E-state index contributed by atoms with van der Waals surface area (Å²) in [6.45, 7) is 3.70. The van der Waals surface area contributed by atoms with Gasteiger partial charge < -0.3 is 20.1 Å². The van der Waals surface area contributed by atoms with Crippen molar-refractivity contribution in [3.05, 3.63) is 24.3 Å². The van der Waals surface area contributed by atoms with Crippen LogP contribution in [0.4, 0.5) is 0 Å². The molecule has 0 saturated heterocycles.